The average Bonchev–Trinajstić information content (AvgIpc) is 2.60. The zero-order chi connectivity index (χ0) is 9.52. The number of alkyl halides is 1. The van der Waals surface area contributed by atoms with Gasteiger partial charge in [-0.15, -0.1) is 22.9 Å². The summed E-state index contributed by atoms with van der Waals surface area (Å²) in [4.78, 5) is 4.30. The van der Waals surface area contributed by atoms with Gasteiger partial charge in [0, 0.05) is 11.9 Å². The number of nitrogens with zero attached hydrogens (tertiary/aromatic N) is 1. The van der Waals surface area contributed by atoms with Crippen LogP contribution in [0.3, 0.4) is 0 Å². The minimum absolute atomic E-state index is 0.507. The summed E-state index contributed by atoms with van der Waals surface area (Å²) in [5, 5.41) is 6.27. The Kier molecular flexibility index (Phi) is 5.16. The number of nitrogens with one attached hydrogen (secondary N) is 1. The van der Waals surface area contributed by atoms with Crippen molar-refractivity contribution in [3.8, 4) is 0 Å². The Morgan fingerprint density at radius 2 is 2.38 bits per heavy atom. The molecule has 0 saturated carbocycles. The molecule has 0 saturated heterocycles. The van der Waals surface area contributed by atoms with Crippen molar-refractivity contribution in [2.45, 2.75) is 32.1 Å². The molecule has 1 heterocycles. The Labute approximate surface area is 88.3 Å². The van der Waals surface area contributed by atoms with Crippen LogP contribution in [0.15, 0.2) is 5.38 Å². The van der Waals surface area contributed by atoms with Gasteiger partial charge in [-0.1, -0.05) is 19.8 Å². The van der Waals surface area contributed by atoms with Crippen LogP contribution in [0.5, 0.6) is 0 Å². The van der Waals surface area contributed by atoms with E-state index in [1.807, 2.05) is 5.38 Å². The van der Waals surface area contributed by atoms with Crippen LogP contribution in [-0.2, 0) is 5.88 Å². The van der Waals surface area contributed by atoms with Gasteiger partial charge in [0.25, 0.3) is 0 Å². The van der Waals surface area contributed by atoms with Crippen molar-refractivity contribution >= 4 is 28.1 Å². The molecule has 0 fully saturated rings. The van der Waals surface area contributed by atoms with Gasteiger partial charge in [0.15, 0.2) is 5.13 Å². The minimum atomic E-state index is 0.507. The van der Waals surface area contributed by atoms with Gasteiger partial charge < -0.3 is 5.32 Å². The highest BCUT2D eigenvalue weighted by molar-refractivity contribution is 7.13. The third-order valence-electron chi connectivity index (χ3n) is 1.75. The highest BCUT2D eigenvalue weighted by atomic mass is 35.5. The van der Waals surface area contributed by atoms with Gasteiger partial charge in [0.05, 0.1) is 11.6 Å². The lowest BCUT2D eigenvalue weighted by Crippen LogP contribution is -2.00. The van der Waals surface area contributed by atoms with Crippen molar-refractivity contribution in [2.24, 2.45) is 0 Å². The van der Waals surface area contributed by atoms with Crippen molar-refractivity contribution < 1.29 is 0 Å². The molecule has 0 atom stereocenters. The van der Waals surface area contributed by atoms with E-state index in [0.717, 1.165) is 17.4 Å². The monoisotopic (exact) mass is 218 g/mol. The fourth-order valence-corrected chi connectivity index (χ4v) is 1.99. The summed E-state index contributed by atoms with van der Waals surface area (Å²) >= 11 is 7.27. The number of unbranched alkanes of at least 4 members (excludes halogenated alkanes) is 2. The van der Waals surface area contributed by atoms with Gasteiger partial charge in [0.2, 0.25) is 0 Å². The van der Waals surface area contributed by atoms with Crippen LogP contribution in [0, 0.1) is 0 Å². The average molecular weight is 219 g/mol. The molecule has 0 unspecified atom stereocenters. The molecule has 0 aliphatic carbocycles. The molecule has 74 valence electrons. The fourth-order valence-electron chi connectivity index (χ4n) is 1.02. The summed E-state index contributed by atoms with van der Waals surface area (Å²) in [7, 11) is 0. The number of rotatable bonds is 6. The molecule has 0 aromatic carbocycles. The number of halogens is 1. The second-order valence-corrected chi connectivity index (χ2v) is 4.04. The highest BCUT2D eigenvalue weighted by Gasteiger charge is 1.98. The minimum Gasteiger partial charge on any atom is -0.362 e. The van der Waals surface area contributed by atoms with Crippen LogP contribution >= 0.6 is 22.9 Å². The Morgan fingerprint density at radius 1 is 1.54 bits per heavy atom. The topological polar surface area (TPSA) is 24.9 Å². The molecule has 1 aromatic rings. The van der Waals surface area contributed by atoms with E-state index in [2.05, 4.69) is 17.2 Å². The van der Waals surface area contributed by atoms with E-state index in [1.165, 1.54) is 19.3 Å². The summed E-state index contributed by atoms with van der Waals surface area (Å²) in [5.74, 6) is 0.507. The normalized spacial score (nSPS) is 10.3. The maximum atomic E-state index is 5.64. The first kappa shape index (κ1) is 10.8. The highest BCUT2D eigenvalue weighted by Crippen LogP contribution is 2.16. The number of thiazole rings is 1. The number of hydrogen-bond donors (Lipinski definition) is 1. The molecule has 2 nitrogen and oxygen atoms in total. The first-order chi connectivity index (χ1) is 6.36. The molecule has 0 aliphatic rings. The second-order valence-electron chi connectivity index (χ2n) is 2.91. The SMILES string of the molecule is CCCCCNc1nc(CCl)cs1. The Hall–Kier alpha value is -0.280. The number of anilines is 1. The van der Waals surface area contributed by atoms with Crippen molar-refractivity contribution in [1.29, 1.82) is 0 Å². The van der Waals surface area contributed by atoms with Crippen molar-refractivity contribution in [3.63, 3.8) is 0 Å². The van der Waals surface area contributed by atoms with Gasteiger partial charge in [-0.3, -0.25) is 0 Å². The summed E-state index contributed by atoms with van der Waals surface area (Å²) in [6, 6.07) is 0. The molecule has 0 aliphatic heterocycles. The van der Waals surface area contributed by atoms with Crippen LogP contribution in [0.1, 0.15) is 31.9 Å². The molecule has 1 aromatic heterocycles. The fraction of sp³-hybridized carbons (Fsp3) is 0.667. The van der Waals surface area contributed by atoms with Gasteiger partial charge >= 0.3 is 0 Å². The van der Waals surface area contributed by atoms with E-state index in [0.29, 0.717) is 5.88 Å². The second kappa shape index (κ2) is 6.22. The predicted molar refractivity (Wildman–Crippen MR) is 59.7 cm³/mol. The standard InChI is InChI=1S/C9H15ClN2S/c1-2-3-4-5-11-9-12-8(6-10)7-13-9/h7H,2-6H2,1H3,(H,11,12). The molecule has 13 heavy (non-hydrogen) atoms. The van der Waals surface area contributed by atoms with Gasteiger partial charge in [-0.05, 0) is 6.42 Å². The van der Waals surface area contributed by atoms with E-state index in [4.69, 9.17) is 11.6 Å². The number of hydrogen-bond acceptors (Lipinski definition) is 3. The van der Waals surface area contributed by atoms with E-state index in [-0.39, 0.29) is 0 Å². The molecule has 0 radical (unpaired) electrons. The van der Waals surface area contributed by atoms with Crippen LogP contribution in [0.4, 0.5) is 5.13 Å². The maximum absolute atomic E-state index is 5.64. The Bertz CT molecular complexity index is 237. The summed E-state index contributed by atoms with van der Waals surface area (Å²) in [5.41, 5.74) is 0.963. The van der Waals surface area contributed by atoms with E-state index in [9.17, 15) is 0 Å². The van der Waals surface area contributed by atoms with E-state index >= 15 is 0 Å². The van der Waals surface area contributed by atoms with Crippen LogP contribution in [-0.4, -0.2) is 11.5 Å². The van der Waals surface area contributed by atoms with Gasteiger partial charge in [-0.2, -0.15) is 0 Å². The van der Waals surface area contributed by atoms with Crippen LogP contribution < -0.4 is 5.32 Å². The van der Waals surface area contributed by atoms with Crippen LogP contribution in [0.2, 0.25) is 0 Å². The predicted octanol–water partition coefficient (Wildman–Crippen LogP) is 3.48. The molecule has 1 N–H and O–H groups in total. The molecule has 0 spiro atoms. The molecular formula is C9H15ClN2S. The van der Waals surface area contributed by atoms with Crippen LogP contribution in [0.25, 0.3) is 0 Å². The van der Waals surface area contributed by atoms with E-state index in [1.54, 1.807) is 11.3 Å². The smallest absolute Gasteiger partial charge is 0.182 e. The molecular weight excluding hydrogens is 204 g/mol. The first-order valence-electron chi connectivity index (χ1n) is 4.61. The molecule has 1 rings (SSSR count). The Morgan fingerprint density at radius 3 is 3.00 bits per heavy atom. The van der Waals surface area contributed by atoms with Crippen molar-refractivity contribution in [1.82, 2.24) is 4.98 Å². The summed E-state index contributed by atoms with van der Waals surface area (Å²) < 4.78 is 0. The quantitative estimate of drug-likeness (QED) is 0.584. The van der Waals surface area contributed by atoms with Crippen molar-refractivity contribution in [2.75, 3.05) is 11.9 Å². The lowest BCUT2D eigenvalue weighted by Gasteiger charge is -2.00. The molecule has 0 bridgehead atoms. The Balaban J connectivity index is 2.20. The first-order valence-corrected chi connectivity index (χ1v) is 6.02. The van der Waals surface area contributed by atoms with Gasteiger partial charge in [0.1, 0.15) is 0 Å². The summed E-state index contributed by atoms with van der Waals surface area (Å²) in [6.45, 7) is 3.22. The zero-order valence-electron chi connectivity index (χ0n) is 7.85. The molecule has 4 heteroatoms. The zero-order valence-corrected chi connectivity index (χ0v) is 9.42. The number of aromatic nitrogens is 1. The lowest BCUT2D eigenvalue weighted by molar-refractivity contribution is 0.743. The molecule has 0 amide bonds. The largest absolute Gasteiger partial charge is 0.362 e. The maximum Gasteiger partial charge on any atom is 0.182 e. The summed E-state index contributed by atoms with van der Waals surface area (Å²) in [6.07, 6.45) is 3.75. The van der Waals surface area contributed by atoms with Gasteiger partial charge in [-0.25, -0.2) is 4.98 Å². The van der Waals surface area contributed by atoms with Crippen molar-refractivity contribution in [3.05, 3.63) is 11.1 Å². The lowest BCUT2D eigenvalue weighted by atomic mass is 10.2. The third-order valence-corrected chi connectivity index (χ3v) is 2.87. The van der Waals surface area contributed by atoms with E-state index < -0.39 is 0 Å². The third kappa shape index (κ3) is 3.96.